The van der Waals surface area contributed by atoms with Crippen molar-refractivity contribution in [2.75, 3.05) is 25.4 Å². The maximum Gasteiger partial charge on any atom is 0.239 e. The Morgan fingerprint density at radius 2 is 1.87 bits per heavy atom. The largest absolute Gasteiger partial charge is 0.367 e. The summed E-state index contributed by atoms with van der Waals surface area (Å²) in [5.41, 5.74) is 5.57. The topological polar surface area (TPSA) is 91.1 Å². The molecule has 3 rings (SSSR count). The minimum atomic E-state index is 0.265. The summed E-state index contributed by atoms with van der Waals surface area (Å²) in [5, 5.41) is 6.79. The summed E-state index contributed by atoms with van der Waals surface area (Å²) in [6, 6.07) is 1.02. The number of carbonyl (C=O) groups is 1. The van der Waals surface area contributed by atoms with Crippen LogP contribution in [0, 0.1) is 0 Å². The minimum absolute atomic E-state index is 0.265. The zero-order chi connectivity index (χ0) is 16.4. The fourth-order valence-corrected chi connectivity index (χ4v) is 3.92. The van der Waals surface area contributed by atoms with E-state index in [9.17, 15) is 4.79 Å². The molecule has 2 saturated heterocycles. The molecule has 3 heterocycles. The van der Waals surface area contributed by atoms with Crippen LogP contribution in [-0.2, 0) is 4.79 Å². The Bertz CT molecular complexity index is 526. The van der Waals surface area contributed by atoms with Gasteiger partial charge in [0.1, 0.15) is 5.82 Å². The molecule has 3 N–H and O–H groups in total. The number of H-pyrrole nitrogens is 1. The summed E-state index contributed by atoms with van der Waals surface area (Å²) in [4.78, 5) is 21.2. The third-order valence-electron chi connectivity index (χ3n) is 5.45. The number of hydrogen-bond donors (Lipinski definition) is 2. The average molecular weight is 320 g/mol. The molecule has 2 aliphatic rings. The van der Waals surface area contributed by atoms with E-state index in [1.54, 1.807) is 0 Å². The molecule has 1 aromatic heterocycles. The van der Waals surface area contributed by atoms with E-state index >= 15 is 0 Å². The van der Waals surface area contributed by atoms with Gasteiger partial charge in [-0.25, -0.2) is 0 Å². The number of nitrogen functional groups attached to an aromatic ring is 1. The molecule has 0 spiro atoms. The normalized spacial score (nSPS) is 27.3. The Kier molecular flexibility index (Phi) is 4.84. The number of aromatic nitrogens is 3. The summed E-state index contributed by atoms with van der Waals surface area (Å²) in [6.07, 6.45) is 5.52. The maximum absolute atomic E-state index is 12.6. The first-order chi connectivity index (χ1) is 11.0. The molecule has 7 nitrogen and oxygen atoms in total. The van der Waals surface area contributed by atoms with E-state index < -0.39 is 0 Å². The first kappa shape index (κ1) is 16.2. The Hall–Kier alpha value is -1.63. The predicted octanol–water partition coefficient (Wildman–Crippen LogP) is 1.36. The lowest BCUT2D eigenvalue weighted by molar-refractivity contribution is -0.135. The molecule has 0 aromatic carbocycles. The van der Waals surface area contributed by atoms with E-state index in [2.05, 4.69) is 33.9 Å². The van der Waals surface area contributed by atoms with Crippen molar-refractivity contribution >= 4 is 11.9 Å². The number of nitrogens with one attached hydrogen (secondary N) is 1. The van der Waals surface area contributed by atoms with Gasteiger partial charge >= 0.3 is 0 Å². The van der Waals surface area contributed by atoms with Gasteiger partial charge in [0.15, 0.2) is 0 Å². The highest BCUT2D eigenvalue weighted by Gasteiger charge is 2.30. The van der Waals surface area contributed by atoms with Gasteiger partial charge in [0.25, 0.3) is 0 Å². The molecule has 1 amide bonds. The molecule has 2 aliphatic heterocycles. The van der Waals surface area contributed by atoms with Crippen molar-refractivity contribution in [1.82, 2.24) is 25.0 Å². The summed E-state index contributed by atoms with van der Waals surface area (Å²) in [5.74, 6) is 1.75. The number of likely N-dealkylation sites (tertiary alicyclic amines) is 2. The predicted molar refractivity (Wildman–Crippen MR) is 88.8 cm³/mol. The zero-order valence-corrected chi connectivity index (χ0v) is 14.2. The molecule has 23 heavy (non-hydrogen) atoms. The Labute approximate surface area is 137 Å². The summed E-state index contributed by atoms with van der Waals surface area (Å²) in [7, 11) is 0. The molecule has 0 bridgehead atoms. The van der Waals surface area contributed by atoms with Crippen LogP contribution in [0.15, 0.2) is 0 Å². The second kappa shape index (κ2) is 6.86. The van der Waals surface area contributed by atoms with Crippen LogP contribution in [0.25, 0.3) is 0 Å². The lowest BCUT2D eigenvalue weighted by Crippen LogP contribution is -2.50. The van der Waals surface area contributed by atoms with Crippen LogP contribution in [0.5, 0.6) is 0 Å². The van der Waals surface area contributed by atoms with Crippen molar-refractivity contribution < 1.29 is 4.79 Å². The van der Waals surface area contributed by atoms with Crippen LogP contribution < -0.4 is 5.73 Å². The van der Waals surface area contributed by atoms with E-state index in [0.29, 0.717) is 30.5 Å². The number of nitrogens with zero attached hydrogens (tertiary/aromatic N) is 4. The van der Waals surface area contributed by atoms with Gasteiger partial charge in [0.2, 0.25) is 11.9 Å². The monoisotopic (exact) mass is 320 g/mol. The van der Waals surface area contributed by atoms with Crippen LogP contribution >= 0.6 is 0 Å². The molecule has 2 fully saturated rings. The van der Waals surface area contributed by atoms with Crippen molar-refractivity contribution in [3.05, 3.63) is 5.82 Å². The van der Waals surface area contributed by atoms with Gasteiger partial charge in [-0.05, 0) is 39.5 Å². The molecule has 2 atom stereocenters. The van der Waals surface area contributed by atoms with Crippen molar-refractivity contribution in [2.45, 2.75) is 64.0 Å². The molecule has 0 unspecified atom stereocenters. The van der Waals surface area contributed by atoms with Gasteiger partial charge in [0.05, 0.1) is 6.54 Å². The number of carbonyl (C=O) groups excluding carboxylic acids is 1. The molecule has 0 saturated carbocycles. The number of rotatable bonds is 3. The minimum Gasteiger partial charge on any atom is -0.367 e. The SMILES string of the molecule is C[C@@H]1CCC[C@H](C)N1CC(=O)N1CCC(c2nc(N)n[nH]2)CC1. The molecule has 0 aliphatic carbocycles. The van der Waals surface area contributed by atoms with Crippen molar-refractivity contribution in [1.29, 1.82) is 0 Å². The van der Waals surface area contributed by atoms with Crippen LogP contribution in [0.1, 0.15) is 57.7 Å². The van der Waals surface area contributed by atoms with Gasteiger partial charge in [-0.2, -0.15) is 4.98 Å². The first-order valence-corrected chi connectivity index (χ1v) is 8.76. The van der Waals surface area contributed by atoms with Crippen molar-refractivity contribution in [2.24, 2.45) is 0 Å². The van der Waals surface area contributed by atoms with E-state index in [1.807, 2.05) is 4.90 Å². The third kappa shape index (κ3) is 3.65. The zero-order valence-electron chi connectivity index (χ0n) is 14.2. The summed E-state index contributed by atoms with van der Waals surface area (Å²) in [6.45, 7) is 6.62. The Morgan fingerprint density at radius 1 is 1.22 bits per heavy atom. The lowest BCUT2D eigenvalue weighted by Gasteiger charge is -2.40. The Morgan fingerprint density at radius 3 is 2.43 bits per heavy atom. The molecule has 128 valence electrons. The number of aromatic amines is 1. The van der Waals surface area contributed by atoms with E-state index in [4.69, 9.17) is 5.73 Å². The summed E-state index contributed by atoms with van der Waals surface area (Å²) >= 11 is 0. The quantitative estimate of drug-likeness (QED) is 0.877. The van der Waals surface area contributed by atoms with Crippen LogP contribution in [0.4, 0.5) is 5.95 Å². The molecule has 7 heteroatoms. The molecule has 1 aromatic rings. The van der Waals surface area contributed by atoms with E-state index in [0.717, 1.165) is 31.8 Å². The van der Waals surface area contributed by atoms with Crippen molar-refractivity contribution in [3.63, 3.8) is 0 Å². The van der Waals surface area contributed by atoms with Crippen molar-refractivity contribution in [3.8, 4) is 0 Å². The van der Waals surface area contributed by atoms with Gasteiger partial charge < -0.3 is 10.6 Å². The molecule has 0 radical (unpaired) electrons. The number of hydrogen-bond acceptors (Lipinski definition) is 5. The smallest absolute Gasteiger partial charge is 0.239 e. The molecular formula is C16H28N6O. The number of amides is 1. The van der Waals surface area contributed by atoms with Crippen LogP contribution in [0.3, 0.4) is 0 Å². The van der Waals surface area contributed by atoms with Crippen LogP contribution in [0.2, 0.25) is 0 Å². The van der Waals surface area contributed by atoms with Gasteiger partial charge in [-0.3, -0.25) is 14.8 Å². The first-order valence-electron chi connectivity index (χ1n) is 8.76. The second-order valence-corrected chi connectivity index (χ2v) is 7.04. The number of nitrogens with two attached hydrogens (primary N) is 1. The standard InChI is InChI=1S/C16H28N6O/c1-11-4-3-5-12(2)22(11)10-14(23)21-8-6-13(7-9-21)15-18-16(17)20-19-15/h11-13H,3-10H2,1-2H3,(H3,17,18,19,20)/t11-,12+. The maximum atomic E-state index is 12.6. The Balaban J connectivity index is 1.52. The number of anilines is 1. The van der Waals surface area contributed by atoms with E-state index in [-0.39, 0.29) is 5.91 Å². The number of piperidine rings is 2. The highest BCUT2D eigenvalue weighted by Crippen LogP contribution is 2.27. The fraction of sp³-hybridized carbons (Fsp3) is 0.812. The lowest BCUT2D eigenvalue weighted by atomic mass is 9.95. The average Bonchev–Trinajstić information content (AvgIpc) is 2.97. The molecular weight excluding hydrogens is 292 g/mol. The van der Waals surface area contributed by atoms with Gasteiger partial charge in [0, 0.05) is 31.1 Å². The third-order valence-corrected chi connectivity index (χ3v) is 5.45. The summed E-state index contributed by atoms with van der Waals surface area (Å²) < 4.78 is 0. The van der Waals surface area contributed by atoms with Gasteiger partial charge in [-0.1, -0.05) is 6.42 Å². The fourth-order valence-electron chi connectivity index (χ4n) is 3.92. The highest BCUT2D eigenvalue weighted by atomic mass is 16.2. The van der Waals surface area contributed by atoms with E-state index in [1.165, 1.54) is 19.3 Å². The van der Waals surface area contributed by atoms with Gasteiger partial charge in [-0.15, -0.1) is 5.10 Å². The van der Waals surface area contributed by atoms with Crippen LogP contribution in [-0.4, -0.2) is 62.6 Å². The second-order valence-electron chi connectivity index (χ2n) is 7.04. The highest BCUT2D eigenvalue weighted by molar-refractivity contribution is 5.78.